The van der Waals surface area contributed by atoms with Gasteiger partial charge in [-0.25, -0.2) is 0 Å². The standard InChI is InChI=1S/C19H25N3O3S/c23-19(20-14-8-3-1-2-4-9-14)16-11-7-13-22(16)18-15-10-5-6-12-17(15)26(24,25)21-18/h5-6,10,12,14,16H,1-4,7-9,11,13H2,(H,20,23)/t16-/m0/s1. The van der Waals surface area contributed by atoms with Gasteiger partial charge < -0.3 is 10.2 Å². The van der Waals surface area contributed by atoms with Gasteiger partial charge in [-0.2, -0.15) is 8.42 Å². The summed E-state index contributed by atoms with van der Waals surface area (Å²) in [5.74, 6) is 0.443. The lowest BCUT2D eigenvalue weighted by atomic mass is 10.1. The Kier molecular flexibility index (Phi) is 4.73. The number of rotatable bonds is 2. The molecule has 0 aromatic heterocycles. The van der Waals surface area contributed by atoms with Gasteiger partial charge in [0.15, 0.2) is 5.84 Å². The smallest absolute Gasteiger partial charge is 0.285 e. The van der Waals surface area contributed by atoms with Crippen LogP contribution in [0, 0.1) is 0 Å². The Morgan fingerprint density at radius 3 is 2.54 bits per heavy atom. The van der Waals surface area contributed by atoms with Crippen LogP contribution in [0.1, 0.15) is 56.9 Å². The van der Waals surface area contributed by atoms with Crippen molar-refractivity contribution in [2.75, 3.05) is 6.54 Å². The second-order valence-corrected chi connectivity index (χ2v) is 9.01. The number of nitrogens with one attached hydrogen (secondary N) is 1. The van der Waals surface area contributed by atoms with Crippen molar-refractivity contribution >= 4 is 21.8 Å². The molecule has 0 radical (unpaired) electrons. The highest BCUT2D eigenvalue weighted by molar-refractivity contribution is 7.90. The summed E-state index contributed by atoms with van der Waals surface area (Å²) in [7, 11) is -3.66. The average Bonchev–Trinajstić information content (AvgIpc) is 3.11. The van der Waals surface area contributed by atoms with Gasteiger partial charge in [0.2, 0.25) is 5.91 Å². The number of hydrogen-bond acceptors (Lipinski definition) is 4. The van der Waals surface area contributed by atoms with Gasteiger partial charge in [0.1, 0.15) is 10.9 Å². The monoisotopic (exact) mass is 375 g/mol. The summed E-state index contributed by atoms with van der Waals surface area (Å²) in [6, 6.07) is 6.78. The van der Waals surface area contributed by atoms with Gasteiger partial charge in [0, 0.05) is 18.2 Å². The van der Waals surface area contributed by atoms with E-state index < -0.39 is 10.0 Å². The van der Waals surface area contributed by atoms with Crippen molar-refractivity contribution in [1.29, 1.82) is 0 Å². The molecule has 0 unspecified atom stereocenters. The van der Waals surface area contributed by atoms with Gasteiger partial charge in [-0.1, -0.05) is 37.8 Å². The maximum atomic E-state index is 12.9. The highest BCUT2D eigenvalue weighted by Crippen LogP contribution is 2.31. The largest absolute Gasteiger partial charge is 0.352 e. The number of benzene rings is 1. The van der Waals surface area contributed by atoms with E-state index in [1.165, 1.54) is 12.8 Å². The van der Waals surface area contributed by atoms with Crippen LogP contribution < -0.4 is 5.32 Å². The minimum absolute atomic E-state index is 0.0129. The van der Waals surface area contributed by atoms with Gasteiger partial charge in [0.05, 0.1) is 0 Å². The molecule has 4 rings (SSSR count). The fraction of sp³-hybridized carbons (Fsp3) is 0.579. The van der Waals surface area contributed by atoms with Crippen LogP contribution in [-0.4, -0.2) is 43.7 Å². The first-order chi connectivity index (χ1) is 12.6. The van der Waals surface area contributed by atoms with Crippen LogP contribution in [0.2, 0.25) is 0 Å². The molecule has 6 nitrogen and oxygen atoms in total. The third-order valence-corrected chi connectivity index (χ3v) is 6.97. The minimum Gasteiger partial charge on any atom is -0.352 e. The Hall–Kier alpha value is -1.89. The van der Waals surface area contributed by atoms with Crippen molar-refractivity contribution in [2.24, 2.45) is 4.40 Å². The number of carbonyl (C=O) groups excluding carboxylic acids is 1. The fourth-order valence-electron chi connectivity index (χ4n) is 4.31. The van der Waals surface area contributed by atoms with Gasteiger partial charge in [-0.3, -0.25) is 4.79 Å². The fourth-order valence-corrected chi connectivity index (χ4v) is 5.53. The van der Waals surface area contributed by atoms with Crippen LogP contribution in [-0.2, 0) is 14.8 Å². The molecule has 2 aliphatic heterocycles. The first-order valence-electron chi connectivity index (χ1n) is 9.58. The Balaban J connectivity index is 1.55. The molecule has 1 amide bonds. The van der Waals surface area contributed by atoms with Crippen molar-refractivity contribution in [3.05, 3.63) is 29.8 Å². The predicted octanol–water partition coefficient (Wildman–Crippen LogP) is 2.44. The summed E-state index contributed by atoms with van der Waals surface area (Å²) < 4.78 is 28.7. The number of amidine groups is 1. The van der Waals surface area contributed by atoms with Gasteiger partial charge in [0.25, 0.3) is 10.0 Å². The van der Waals surface area contributed by atoms with Crippen molar-refractivity contribution in [3.8, 4) is 0 Å². The second-order valence-electron chi connectivity index (χ2n) is 7.43. The lowest BCUT2D eigenvalue weighted by Gasteiger charge is -2.27. The third kappa shape index (κ3) is 3.24. The van der Waals surface area contributed by atoms with E-state index in [0.29, 0.717) is 17.9 Å². The molecule has 1 aliphatic carbocycles. The summed E-state index contributed by atoms with van der Waals surface area (Å²) in [4.78, 5) is 15.0. The second kappa shape index (κ2) is 7.02. The summed E-state index contributed by atoms with van der Waals surface area (Å²) >= 11 is 0. The maximum Gasteiger partial charge on any atom is 0.285 e. The molecule has 2 fully saturated rings. The molecule has 3 aliphatic rings. The van der Waals surface area contributed by atoms with Crippen LogP contribution in [0.5, 0.6) is 0 Å². The van der Waals surface area contributed by atoms with Crippen LogP contribution in [0.15, 0.2) is 33.6 Å². The van der Waals surface area contributed by atoms with Crippen molar-refractivity contribution in [2.45, 2.75) is 68.3 Å². The van der Waals surface area contributed by atoms with E-state index in [-0.39, 0.29) is 22.9 Å². The molecule has 1 aromatic rings. The highest BCUT2D eigenvalue weighted by Gasteiger charge is 2.39. The molecule has 2 heterocycles. The number of hydrogen-bond donors (Lipinski definition) is 1. The Labute approximate surface area is 154 Å². The van der Waals surface area contributed by atoms with Gasteiger partial charge in [-0.15, -0.1) is 4.40 Å². The van der Waals surface area contributed by atoms with Crippen molar-refractivity contribution in [3.63, 3.8) is 0 Å². The number of nitrogens with zero attached hydrogens (tertiary/aromatic N) is 2. The van der Waals surface area contributed by atoms with E-state index in [2.05, 4.69) is 9.71 Å². The molecule has 1 saturated carbocycles. The third-order valence-electron chi connectivity index (χ3n) is 5.64. The summed E-state index contributed by atoms with van der Waals surface area (Å²) in [5, 5.41) is 3.21. The maximum absolute atomic E-state index is 12.9. The van der Waals surface area contributed by atoms with E-state index in [9.17, 15) is 13.2 Å². The normalized spacial score (nSPS) is 25.5. The van der Waals surface area contributed by atoms with Crippen molar-refractivity contribution < 1.29 is 13.2 Å². The molecule has 1 saturated heterocycles. The average molecular weight is 375 g/mol. The summed E-state index contributed by atoms with van der Waals surface area (Å²) in [5.41, 5.74) is 0.613. The number of amides is 1. The number of likely N-dealkylation sites (tertiary alicyclic amines) is 1. The highest BCUT2D eigenvalue weighted by atomic mass is 32.2. The van der Waals surface area contributed by atoms with Crippen LogP contribution in [0.3, 0.4) is 0 Å². The number of carbonyl (C=O) groups is 1. The van der Waals surface area contributed by atoms with E-state index in [0.717, 1.165) is 38.5 Å². The Morgan fingerprint density at radius 2 is 1.77 bits per heavy atom. The van der Waals surface area contributed by atoms with Crippen molar-refractivity contribution in [1.82, 2.24) is 10.2 Å². The van der Waals surface area contributed by atoms with Crippen LogP contribution in [0.4, 0.5) is 0 Å². The lowest BCUT2D eigenvalue weighted by Crippen LogP contribution is -2.48. The topological polar surface area (TPSA) is 78.8 Å². The molecule has 0 bridgehead atoms. The molecule has 1 aromatic carbocycles. The molecule has 26 heavy (non-hydrogen) atoms. The molecule has 1 N–H and O–H groups in total. The number of sulfonamides is 1. The molecular formula is C19H25N3O3S. The van der Waals surface area contributed by atoms with E-state index >= 15 is 0 Å². The quantitative estimate of drug-likeness (QED) is 0.805. The summed E-state index contributed by atoms with van der Waals surface area (Å²) in [6.07, 6.45) is 8.49. The first-order valence-corrected chi connectivity index (χ1v) is 11.0. The zero-order valence-electron chi connectivity index (χ0n) is 14.9. The Morgan fingerprint density at radius 1 is 1.04 bits per heavy atom. The SMILES string of the molecule is O=C(NC1CCCCCC1)[C@@H]1CCCN1C1=NS(=O)(=O)c2ccccc21. The van der Waals surface area contributed by atoms with Crippen LogP contribution >= 0.6 is 0 Å². The first kappa shape index (κ1) is 17.5. The van der Waals surface area contributed by atoms with Gasteiger partial charge >= 0.3 is 0 Å². The molecular weight excluding hydrogens is 350 g/mol. The predicted molar refractivity (Wildman–Crippen MR) is 99.5 cm³/mol. The zero-order chi connectivity index (χ0) is 18.1. The molecule has 140 valence electrons. The molecule has 1 atom stereocenters. The summed E-state index contributed by atoms with van der Waals surface area (Å²) in [6.45, 7) is 0.658. The Bertz CT molecular complexity index is 826. The minimum atomic E-state index is -3.66. The molecule has 0 spiro atoms. The van der Waals surface area contributed by atoms with Gasteiger partial charge in [-0.05, 0) is 37.8 Å². The number of fused-ring (bicyclic) bond motifs is 1. The molecule has 7 heteroatoms. The van der Waals surface area contributed by atoms with E-state index in [1.54, 1.807) is 18.2 Å². The van der Waals surface area contributed by atoms with Crippen LogP contribution in [0.25, 0.3) is 0 Å². The zero-order valence-corrected chi connectivity index (χ0v) is 15.7. The lowest BCUT2D eigenvalue weighted by molar-refractivity contribution is -0.125. The van der Waals surface area contributed by atoms with E-state index in [4.69, 9.17) is 0 Å². The van der Waals surface area contributed by atoms with E-state index in [1.807, 2.05) is 11.0 Å².